The van der Waals surface area contributed by atoms with E-state index in [-0.39, 0.29) is 11.7 Å². The van der Waals surface area contributed by atoms with Gasteiger partial charge in [0.15, 0.2) is 11.5 Å². The summed E-state index contributed by atoms with van der Waals surface area (Å²) in [6.45, 7) is 9.58. The molecule has 1 aliphatic rings. The molecular formula is C34H38ClN3O5. The SMILES string of the molecule is CCOc1cc(C2c3c(-c4cc(Cl)c(C)cc4O)n[nH]c3C(=O)N2CCc2ccc(OC)cc2)ccc1OCCC(C)C. The molecule has 1 aliphatic heterocycles. The van der Waals surface area contributed by atoms with Gasteiger partial charge in [0.25, 0.3) is 5.91 Å². The molecule has 1 atom stereocenters. The fraction of sp³-hybridized carbons (Fsp3) is 0.353. The number of methoxy groups -OCH3 is 1. The van der Waals surface area contributed by atoms with E-state index in [2.05, 4.69) is 24.0 Å². The number of hydrogen-bond donors (Lipinski definition) is 2. The Morgan fingerprint density at radius 1 is 1.07 bits per heavy atom. The number of aromatic amines is 1. The van der Waals surface area contributed by atoms with Gasteiger partial charge in [0.05, 0.1) is 26.4 Å². The maximum absolute atomic E-state index is 13.9. The molecule has 2 heterocycles. The number of phenols is 1. The molecule has 1 aromatic heterocycles. The van der Waals surface area contributed by atoms with Crippen molar-refractivity contribution < 1.29 is 24.1 Å². The Bertz CT molecular complexity index is 1600. The number of aromatic nitrogens is 2. The highest BCUT2D eigenvalue weighted by Gasteiger charge is 2.42. The van der Waals surface area contributed by atoms with E-state index in [9.17, 15) is 9.90 Å². The van der Waals surface area contributed by atoms with Gasteiger partial charge in [-0.25, -0.2) is 0 Å². The maximum atomic E-state index is 13.9. The summed E-state index contributed by atoms with van der Waals surface area (Å²) in [7, 11) is 1.64. The normalized spacial score (nSPS) is 14.3. The molecule has 0 radical (unpaired) electrons. The van der Waals surface area contributed by atoms with Crippen LogP contribution in [0.2, 0.25) is 5.02 Å². The van der Waals surface area contributed by atoms with Gasteiger partial charge in [-0.2, -0.15) is 5.10 Å². The number of H-pyrrole nitrogens is 1. The van der Waals surface area contributed by atoms with E-state index in [0.29, 0.717) is 71.1 Å². The second-order valence-corrected chi connectivity index (χ2v) is 11.6. The molecule has 0 saturated carbocycles. The van der Waals surface area contributed by atoms with E-state index in [1.54, 1.807) is 19.2 Å². The van der Waals surface area contributed by atoms with Crippen LogP contribution in [-0.4, -0.2) is 53.0 Å². The van der Waals surface area contributed by atoms with Crippen LogP contribution in [0.25, 0.3) is 11.3 Å². The predicted octanol–water partition coefficient (Wildman–Crippen LogP) is 7.36. The number of halogens is 1. The first kappa shape index (κ1) is 30.3. The lowest BCUT2D eigenvalue weighted by molar-refractivity contribution is 0.0745. The Morgan fingerprint density at radius 2 is 1.84 bits per heavy atom. The van der Waals surface area contributed by atoms with Gasteiger partial charge in [0.2, 0.25) is 0 Å². The first-order valence-electron chi connectivity index (χ1n) is 14.6. The van der Waals surface area contributed by atoms with Crippen molar-refractivity contribution in [2.24, 2.45) is 5.92 Å². The largest absolute Gasteiger partial charge is 0.507 e. The van der Waals surface area contributed by atoms with Gasteiger partial charge >= 0.3 is 0 Å². The average Bonchev–Trinajstić information content (AvgIpc) is 3.53. The number of ether oxygens (including phenoxy) is 3. The molecule has 1 unspecified atom stereocenters. The number of carbonyl (C=O) groups excluding carboxylic acids is 1. The van der Waals surface area contributed by atoms with E-state index in [4.69, 9.17) is 25.8 Å². The molecule has 43 heavy (non-hydrogen) atoms. The number of rotatable bonds is 12. The molecule has 226 valence electrons. The van der Waals surface area contributed by atoms with Crippen LogP contribution < -0.4 is 14.2 Å². The number of phenolic OH excluding ortho intramolecular Hbond substituents is 1. The minimum atomic E-state index is -0.488. The minimum absolute atomic E-state index is 0.0444. The van der Waals surface area contributed by atoms with E-state index >= 15 is 0 Å². The third-order valence-corrected chi connectivity index (χ3v) is 8.14. The Morgan fingerprint density at radius 3 is 2.53 bits per heavy atom. The second-order valence-electron chi connectivity index (χ2n) is 11.1. The molecule has 0 aliphatic carbocycles. The van der Waals surface area contributed by atoms with Crippen LogP contribution in [0, 0.1) is 12.8 Å². The maximum Gasteiger partial charge on any atom is 0.273 e. The molecule has 0 saturated heterocycles. The number of nitrogens with one attached hydrogen (secondary N) is 1. The minimum Gasteiger partial charge on any atom is -0.507 e. The number of fused-ring (bicyclic) bond motifs is 1. The highest BCUT2D eigenvalue weighted by atomic mass is 35.5. The third kappa shape index (κ3) is 6.30. The molecule has 3 aromatic carbocycles. The Hall–Kier alpha value is -4.17. The van der Waals surface area contributed by atoms with Gasteiger partial charge in [-0.1, -0.05) is 43.6 Å². The summed E-state index contributed by atoms with van der Waals surface area (Å²) in [5, 5.41) is 18.9. The topological polar surface area (TPSA) is 96.9 Å². The predicted molar refractivity (Wildman–Crippen MR) is 168 cm³/mol. The fourth-order valence-electron chi connectivity index (χ4n) is 5.36. The molecule has 2 N–H and O–H groups in total. The smallest absolute Gasteiger partial charge is 0.273 e. The lowest BCUT2D eigenvalue weighted by Gasteiger charge is -2.27. The molecule has 9 heteroatoms. The highest BCUT2D eigenvalue weighted by molar-refractivity contribution is 6.31. The summed E-state index contributed by atoms with van der Waals surface area (Å²) in [6, 6.07) is 16.5. The second kappa shape index (κ2) is 13.0. The fourth-order valence-corrected chi connectivity index (χ4v) is 5.53. The first-order valence-corrected chi connectivity index (χ1v) is 15.0. The van der Waals surface area contributed by atoms with Gasteiger partial charge in [-0.15, -0.1) is 0 Å². The zero-order valence-corrected chi connectivity index (χ0v) is 26.0. The van der Waals surface area contributed by atoms with Crippen molar-refractivity contribution in [1.29, 1.82) is 0 Å². The number of nitrogens with zero attached hydrogens (tertiary/aromatic N) is 2. The van der Waals surface area contributed by atoms with Crippen LogP contribution in [0.1, 0.15) is 66.0 Å². The zero-order chi connectivity index (χ0) is 30.7. The summed E-state index contributed by atoms with van der Waals surface area (Å²) >= 11 is 6.47. The standard InChI is InChI=1S/C34H38ClN3O5/c1-6-42-29-18-23(9-12-28(29)43-16-14-20(2)3)33-30-31(25-19-26(35)21(4)17-27(25)39)36-37-32(30)34(40)38(33)15-13-22-7-10-24(41-5)11-8-22/h7-12,17-20,33,39H,6,13-16H2,1-5H3,(H,36,37). The van der Waals surface area contributed by atoms with Crippen molar-refractivity contribution in [2.45, 2.75) is 46.6 Å². The Balaban J connectivity index is 1.57. The lowest BCUT2D eigenvalue weighted by Crippen LogP contribution is -2.31. The number of amides is 1. The quantitative estimate of drug-likeness (QED) is 0.176. The summed E-state index contributed by atoms with van der Waals surface area (Å²) in [5.74, 6) is 2.45. The molecule has 5 rings (SSSR count). The van der Waals surface area contributed by atoms with Crippen LogP contribution in [-0.2, 0) is 6.42 Å². The highest BCUT2D eigenvalue weighted by Crippen LogP contribution is 2.46. The number of aromatic hydroxyl groups is 1. The summed E-state index contributed by atoms with van der Waals surface area (Å²) < 4.78 is 17.4. The van der Waals surface area contributed by atoms with Crippen LogP contribution in [0.15, 0.2) is 54.6 Å². The first-order chi connectivity index (χ1) is 20.7. The van der Waals surface area contributed by atoms with Crippen molar-refractivity contribution in [2.75, 3.05) is 26.9 Å². The molecule has 0 bridgehead atoms. The van der Waals surface area contributed by atoms with E-state index in [1.165, 1.54) is 0 Å². The van der Waals surface area contributed by atoms with Gasteiger partial charge in [0.1, 0.15) is 22.9 Å². The van der Waals surface area contributed by atoms with Crippen molar-refractivity contribution >= 4 is 17.5 Å². The van der Waals surface area contributed by atoms with E-state index in [1.807, 2.05) is 61.2 Å². The monoisotopic (exact) mass is 603 g/mol. The van der Waals surface area contributed by atoms with Crippen LogP contribution >= 0.6 is 11.6 Å². The zero-order valence-electron chi connectivity index (χ0n) is 25.2. The van der Waals surface area contributed by atoms with Crippen molar-refractivity contribution in [3.8, 4) is 34.3 Å². The third-order valence-electron chi connectivity index (χ3n) is 7.73. The van der Waals surface area contributed by atoms with Gasteiger partial charge in [-0.3, -0.25) is 9.89 Å². The van der Waals surface area contributed by atoms with Gasteiger partial charge in [0, 0.05) is 22.7 Å². The Kier molecular flexibility index (Phi) is 9.16. The lowest BCUT2D eigenvalue weighted by atomic mass is 9.94. The number of hydrogen-bond acceptors (Lipinski definition) is 6. The Labute approximate surface area is 257 Å². The number of aryl methyl sites for hydroxylation is 1. The van der Waals surface area contributed by atoms with Crippen LogP contribution in [0.4, 0.5) is 0 Å². The number of carbonyl (C=O) groups is 1. The number of benzene rings is 3. The molecule has 1 amide bonds. The molecule has 0 spiro atoms. The molecule has 8 nitrogen and oxygen atoms in total. The van der Waals surface area contributed by atoms with E-state index < -0.39 is 6.04 Å². The molecular weight excluding hydrogens is 566 g/mol. The summed E-state index contributed by atoms with van der Waals surface area (Å²) in [6.07, 6.45) is 1.56. The van der Waals surface area contributed by atoms with Crippen molar-refractivity contribution in [3.63, 3.8) is 0 Å². The average molecular weight is 604 g/mol. The molecule has 0 fully saturated rings. The van der Waals surface area contributed by atoms with Crippen LogP contribution in [0.5, 0.6) is 23.0 Å². The van der Waals surface area contributed by atoms with Crippen molar-refractivity contribution in [3.05, 3.63) is 87.6 Å². The van der Waals surface area contributed by atoms with Crippen molar-refractivity contribution in [1.82, 2.24) is 15.1 Å². The summed E-state index contributed by atoms with van der Waals surface area (Å²) in [5.41, 5.74) is 4.69. The van der Waals surface area contributed by atoms with Gasteiger partial charge in [-0.05, 0) is 85.7 Å². The van der Waals surface area contributed by atoms with Gasteiger partial charge < -0.3 is 24.2 Å². The summed E-state index contributed by atoms with van der Waals surface area (Å²) in [4.78, 5) is 15.8. The molecule has 4 aromatic rings. The van der Waals surface area contributed by atoms with Crippen LogP contribution in [0.3, 0.4) is 0 Å². The van der Waals surface area contributed by atoms with E-state index in [0.717, 1.165) is 28.9 Å².